The van der Waals surface area contributed by atoms with Gasteiger partial charge >= 0.3 is 0 Å². The van der Waals surface area contributed by atoms with Crippen molar-refractivity contribution in [2.75, 3.05) is 0 Å². The smallest absolute Gasteiger partial charge is 0.144 e. The molecule has 0 atom stereocenters. The first-order valence-corrected chi connectivity index (χ1v) is 6.83. The molecule has 5 heteroatoms. The maximum atomic E-state index is 5.29. The fourth-order valence-electron chi connectivity index (χ4n) is 1.80. The zero-order valence-corrected chi connectivity index (χ0v) is 12.2. The number of nitrogens with one attached hydrogen (secondary N) is 1. The molecule has 94 valence electrons. The van der Waals surface area contributed by atoms with Crippen LogP contribution in [0, 0.1) is 4.64 Å². The third-order valence-corrected chi connectivity index (χ3v) is 4.05. The summed E-state index contributed by atoms with van der Waals surface area (Å²) >= 11 is 8.79. The van der Waals surface area contributed by atoms with E-state index >= 15 is 0 Å². The standard InChI is InChI=1S/C14H9BrN2OS/c15-11-12(9-4-2-1-3-5-9)16-13(17-14(11)19)10-6-7-18-8-10/h1-8H,(H,16,17,19). The van der Waals surface area contributed by atoms with Gasteiger partial charge in [0.2, 0.25) is 0 Å². The van der Waals surface area contributed by atoms with Crippen LogP contribution in [0.3, 0.4) is 0 Å². The molecule has 0 amide bonds. The van der Waals surface area contributed by atoms with Crippen LogP contribution in [0.2, 0.25) is 0 Å². The first-order chi connectivity index (χ1) is 9.25. The number of H-pyrrole nitrogens is 1. The van der Waals surface area contributed by atoms with Crippen LogP contribution in [-0.2, 0) is 0 Å². The van der Waals surface area contributed by atoms with E-state index < -0.39 is 0 Å². The van der Waals surface area contributed by atoms with Gasteiger partial charge in [-0.15, -0.1) is 0 Å². The van der Waals surface area contributed by atoms with E-state index in [9.17, 15) is 0 Å². The molecule has 0 bridgehead atoms. The van der Waals surface area contributed by atoms with Crippen molar-refractivity contribution in [1.29, 1.82) is 0 Å². The number of rotatable bonds is 2. The van der Waals surface area contributed by atoms with Gasteiger partial charge in [0, 0.05) is 0 Å². The van der Waals surface area contributed by atoms with E-state index in [0.29, 0.717) is 10.5 Å². The summed E-state index contributed by atoms with van der Waals surface area (Å²) in [5.74, 6) is 0.695. The van der Waals surface area contributed by atoms with Crippen LogP contribution in [0.1, 0.15) is 0 Å². The number of hydrogen-bond donors (Lipinski definition) is 1. The van der Waals surface area contributed by atoms with Crippen molar-refractivity contribution in [1.82, 2.24) is 9.97 Å². The van der Waals surface area contributed by atoms with Crippen LogP contribution < -0.4 is 0 Å². The van der Waals surface area contributed by atoms with Crippen molar-refractivity contribution in [3.63, 3.8) is 0 Å². The van der Waals surface area contributed by atoms with Crippen LogP contribution in [0.25, 0.3) is 22.6 Å². The van der Waals surface area contributed by atoms with Gasteiger partial charge in [0.05, 0.1) is 22.0 Å². The quantitative estimate of drug-likeness (QED) is 0.683. The van der Waals surface area contributed by atoms with Crippen molar-refractivity contribution in [2.24, 2.45) is 0 Å². The van der Waals surface area contributed by atoms with E-state index in [0.717, 1.165) is 21.3 Å². The zero-order chi connectivity index (χ0) is 13.2. The molecule has 0 saturated carbocycles. The lowest BCUT2D eigenvalue weighted by Gasteiger charge is -2.07. The minimum absolute atomic E-state index is 0.522. The number of benzene rings is 1. The molecular formula is C14H9BrN2OS. The Morgan fingerprint density at radius 3 is 2.58 bits per heavy atom. The lowest BCUT2D eigenvalue weighted by molar-refractivity contribution is 0.568. The summed E-state index contributed by atoms with van der Waals surface area (Å²) in [6.45, 7) is 0. The first kappa shape index (κ1) is 12.3. The van der Waals surface area contributed by atoms with Gasteiger partial charge in [0.25, 0.3) is 0 Å². The molecular weight excluding hydrogens is 324 g/mol. The molecule has 0 saturated heterocycles. The van der Waals surface area contributed by atoms with Gasteiger partial charge < -0.3 is 9.40 Å². The normalized spacial score (nSPS) is 10.6. The number of furan rings is 1. The summed E-state index contributed by atoms with van der Waals surface area (Å²) in [5.41, 5.74) is 2.83. The molecule has 0 fully saturated rings. The Kier molecular flexibility index (Phi) is 3.31. The predicted molar refractivity (Wildman–Crippen MR) is 80.3 cm³/mol. The Balaban J connectivity index is 2.23. The molecule has 0 spiro atoms. The van der Waals surface area contributed by atoms with E-state index in [1.165, 1.54) is 0 Å². The summed E-state index contributed by atoms with van der Waals surface area (Å²) in [6.07, 6.45) is 3.24. The van der Waals surface area contributed by atoms with E-state index in [1.807, 2.05) is 36.4 Å². The highest BCUT2D eigenvalue weighted by atomic mass is 79.9. The topological polar surface area (TPSA) is 41.8 Å². The van der Waals surface area contributed by atoms with Crippen LogP contribution in [0.4, 0.5) is 0 Å². The fraction of sp³-hybridized carbons (Fsp3) is 0. The molecule has 3 rings (SSSR count). The van der Waals surface area contributed by atoms with Gasteiger partial charge in [-0.3, -0.25) is 0 Å². The number of aromatic nitrogens is 2. The predicted octanol–water partition coefficient (Wildman–Crippen LogP) is 4.83. The molecule has 2 heterocycles. The maximum Gasteiger partial charge on any atom is 0.144 e. The summed E-state index contributed by atoms with van der Waals surface area (Å²) in [6, 6.07) is 11.8. The van der Waals surface area contributed by atoms with Crippen molar-refractivity contribution in [2.45, 2.75) is 0 Å². The average molecular weight is 333 g/mol. The molecule has 2 aromatic heterocycles. The van der Waals surface area contributed by atoms with Gasteiger partial charge in [0.15, 0.2) is 0 Å². The minimum atomic E-state index is 0.522. The Morgan fingerprint density at radius 1 is 1.11 bits per heavy atom. The van der Waals surface area contributed by atoms with Crippen molar-refractivity contribution < 1.29 is 4.42 Å². The minimum Gasteiger partial charge on any atom is -0.472 e. The van der Waals surface area contributed by atoms with E-state index in [-0.39, 0.29) is 0 Å². The van der Waals surface area contributed by atoms with Crippen LogP contribution in [0.5, 0.6) is 0 Å². The SMILES string of the molecule is S=c1nc(-c2ccoc2)[nH]c(-c2ccccc2)c1Br. The Morgan fingerprint density at radius 2 is 1.89 bits per heavy atom. The summed E-state index contributed by atoms with van der Waals surface area (Å²) in [4.78, 5) is 7.64. The monoisotopic (exact) mass is 332 g/mol. The molecule has 0 aliphatic heterocycles. The van der Waals surface area contributed by atoms with E-state index in [2.05, 4.69) is 25.9 Å². The zero-order valence-electron chi connectivity index (χ0n) is 9.76. The molecule has 1 N–H and O–H groups in total. The van der Waals surface area contributed by atoms with Crippen molar-refractivity contribution in [3.8, 4) is 22.6 Å². The highest BCUT2D eigenvalue weighted by molar-refractivity contribution is 9.10. The molecule has 3 aromatic rings. The second kappa shape index (κ2) is 5.11. The number of aromatic amines is 1. The lowest BCUT2D eigenvalue weighted by atomic mass is 10.1. The molecule has 0 unspecified atom stereocenters. The van der Waals surface area contributed by atoms with Gasteiger partial charge in [-0.05, 0) is 27.6 Å². The van der Waals surface area contributed by atoms with Gasteiger partial charge in [-0.25, -0.2) is 4.98 Å². The average Bonchev–Trinajstić information content (AvgIpc) is 2.97. The maximum absolute atomic E-state index is 5.29. The Labute approximate surface area is 123 Å². The van der Waals surface area contributed by atoms with E-state index in [1.54, 1.807) is 12.5 Å². The first-order valence-electron chi connectivity index (χ1n) is 5.63. The second-order valence-corrected chi connectivity index (χ2v) is 5.14. The van der Waals surface area contributed by atoms with Crippen LogP contribution in [-0.4, -0.2) is 9.97 Å². The van der Waals surface area contributed by atoms with Gasteiger partial charge in [-0.2, -0.15) is 0 Å². The lowest BCUT2D eigenvalue weighted by Crippen LogP contribution is -1.94. The van der Waals surface area contributed by atoms with Crippen molar-refractivity contribution >= 4 is 28.1 Å². The summed E-state index contributed by atoms with van der Waals surface area (Å²) < 4.78 is 6.39. The highest BCUT2D eigenvalue weighted by Gasteiger charge is 2.10. The molecule has 0 aliphatic carbocycles. The third-order valence-electron chi connectivity index (χ3n) is 2.72. The molecule has 19 heavy (non-hydrogen) atoms. The van der Waals surface area contributed by atoms with Crippen molar-refractivity contribution in [3.05, 3.63) is 58.0 Å². The number of nitrogens with zero attached hydrogens (tertiary/aromatic N) is 1. The molecule has 1 aromatic carbocycles. The fourth-order valence-corrected chi connectivity index (χ4v) is 2.41. The van der Waals surface area contributed by atoms with Crippen LogP contribution >= 0.6 is 28.1 Å². The van der Waals surface area contributed by atoms with Gasteiger partial charge in [-0.1, -0.05) is 42.5 Å². The molecule has 0 radical (unpaired) electrons. The molecule has 0 aliphatic rings. The second-order valence-electron chi connectivity index (χ2n) is 3.96. The summed E-state index contributed by atoms with van der Waals surface area (Å²) in [7, 11) is 0. The van der Waals surface area contributed by atoms with E-state index in [4.69, 9.17) is 16.6 Å². The third kappa shape index (κ3) is 2.39. The summed E-state index contributed by atoms with van der Waals surface area (Å²) in [5, 5.41) is 0. The molecule has 3 nitrogen and oxygen atoms in total. The Bertz CT molecular complexity index is 751. The van der Waals surface area contributed by atoms with Crippen LogP contribution in [0.15, 0.2) is 57.8 Å². The van der Waals surface area contributed by atoms with Gasteiger partial charge in [0.1, 0.15) is 16.7 Å². The Hall–Kier alpha value is -1.72. The largest absolute Gasteiger partial charge is 0.472 e. The highest BCUT2D eigenvalue weighted by Crippen LogP contribution is 2.29. The number of hydrogen-bond acceptors (Lipinski definition) is 3. The number of halogens is 1.